The van der Waals surface area contributed by atoms with Gasteiger partial charge in [0, 0.05) is 23.7 Å². The summed E-state index contributed by atoms with van der Waals surface area (Å²) >= 11 is 0. The zero-order valence-electron chi connectivity index (χ0n) is 18.4. The molecule has 6 nitrogen and oxygen atoms in total. The smallest absolute Gasteiger partial charge is 0.433 e. The second kappa shape index (κ2) is 8.86. The first-order valence-electron chi connectivity index (χ1n) is 10.5. The van der Waals surface area contributed by atoms with Crippen molar-refractivity contribution in [3.8, 4) is 5.75 Å². The highest BCUT2D eigenvalue weighted by Crippen LogP contribution is 2.33. The molecule has 4 rings (SSSR count). The van der Waals surface area contributed by atoms with Crippen molar-refractivity contribution in [2.45, 2.75) is 38.1 Å². The molecule has 3 aromatic rings. The van der Waals surface area contributed by atoms with Crippen LogP contribution in [0.5, 0.6) is 5.75 Å². The first-order valence-corrected chi connectivity index (χ1v) is 10.5. The van der Waals surface area contributed by atoms with E-state index in [1.807, 2.05) is 0 Å². The summed E-state index contributed by atoms with van der Waals surface area (Å²) in [5, 5.41) is 2.73. The van der Waals surface area contributed by atoms with E-state index in [1.165, 1.54) is 42.2 Å². The summed E-state index contributed by atoms with van der Waals surface area (Å²) in [6.07, 6.45) is -3.50. The van der Waals surface area contributed by atoms with Crippen LogP contribution in [-0.2, 0) is 12.8 Å². The van der Waals surface area contributed by atoms with Crippen LogP contribution in [0.25, 0.3) is 11.0 Å². The summed E-state index contributed by atoms with van der Waals surface area (Å²) in [5.74, 6) is -3.39. The summed E-state index contributed by atoms with van der Waals surface area (Å²) in [6, 6.07) is 5.74. The molecule has 182 valence electrons. The van der Waals surface area contributed by atoms with Crippen molar-refractivity contribution < 1.29 is 35.9 Å². The third kappa shape index (κ3) is 4.84. The predicted octanol–water partition coefficient (Wildman–Crippen LogP) is 4.80. The zero-order chi connectivity index (χ0) is 24.7. The average molecular weight is 483 g/mol. The SMILES string of the molecule is Cc1oc2ccc(OCc3cccnc3C(F)(F)F)cc2c1C(=O)NC1CCN(C)CC1(F)F. The minimum absolute atomic E-state index is 0.0764. The molecule has 1 aromatic carbocycles. The maximum Gasteiger partial charge on any atom is 0.433 e. The number of rotatable bonds is 5. The number of likely N-dealkylation sites (tertiary alicyclic amines) is 1. The van der Waals surface area contributed by atoms with Gasteiger partial charge >= 0.3 is 6.18 Å². The quantitative estimate of drug-likeness (QED) is 0.528. The summed E-state index contributed by atoms with van der Waals surface area (Å²) in [6.45, 7) is 1.08. The van der Waals surface area contributed by atoms with Crippen LogP contribution in [-0.4, -0.2) is 47.9 Å². The van der Waals surface area contributed by atoms with Gasteiger partial charge in [-0.15, -0.1) is 0 Å². The highest BCUT2D eigenvalue weighted by molar-refractivity contribution is 6.07. The molecule has 34 heavy (non-hydrogen) atoms. The van der Waals surface area contributed by atoms with Gasteiger partial charge in [-0.1, -0.05) is 6.07 Å². The Bertz CT molecular complexity index is 1210. The Morgan fingerprint density at radius 3 is 2.79 bits per heavy atom. The van der Waals surface area contributed by atoms with E-state index in [2.05, 4.69) is 10.3 Å². The molecule has 1 fully saturated rings. The van der Waals surface area contributed by atoms with Crippen LogP contribution in [0, 0.1) is 6.92 Å². The minimum Gasteiger partial charge on any atom is -0.489 e. The molecule has 0 saturated carbocycles. The van der Waals surface area contributed by atoms with Crippen LogP contribution in [0.4, 0.5) is 22.0 Å². The fourth-order valence-corrected chi connectivity index (χ4v) is 4.06. The lowest BCUT2D eigenvalue weighted by Gasteiger charge is -2.36. The van der Waals surface area contributed by atoms with Crippen LogP contribution in [0.3, 0.4) is 0 Å². The van der Waals surface area contributed by atoms with Crippen molar-refractivity contribution in [2.75, 3.05) is 20.1 Å². The molecule has 11 heteroatoms. The lowest BCUT2D eigenvalue weighted by Crippen LogP contribution is -2.57. The van der Waals surface area contributed by atoms with E-state index in [9.17, 15) is 26.7 Å². The second-order valence-corrected chi connectivity index (χ2v) is 8.30. The Labute approximate surface area is 191 Å². The zero-order valence-corrected chi connectivity index (χ0v) is 18.4. The number of hydrogen-bond donors (Lipinski definition) is 1. The van der Waals surface area contributed by atoms with Crippen molar-refractivity contribution in [2.24, 2.45) is 0 Å². The van der Waals surface area contributed by atoms with Gasteiger partial charge in [-0.2, -0.15) is 13.2 Å². The van der Waals surface area contributed by atoms with E-state index < -0.39 is 42.9 Å². The van der Waals surface area contributed by atoms with Crippen LogP contribution in [0.15, 0.2) is 40.9 Å². The molecule has 0 aliphatic carbocycles. The van der Waals surface area contributed by atoms with Crippen LogP contribution < -0.4 is 10.1 Å². The fourth-order valence-electron chi connectivity index (χ4n) is 4.06. The maximum atomic E-state index is 14.4. The van der Waals surface area contributed by atoms with E-state index in [-0.39, 0.29) is 29.1 Å². The number of piperidine rings is 1. The van der Waals surface area contributed by atoms with Crippen molar-refractivity contribution in [1.29, 1.82) is 0 Å². The molecule has 2 aromatic heterocycles. The molecule has 1 N–H and O–H groups in total. The molecule has 0 radical (unpaired) electrons. The predicted molar refractivity (Wildman–Crippen MR) is 113 cm³/mol. The largest absolute Gasteiger partial charge is 0.489 e. The number of benzene rings is 1. The van der Waals surface area contributed by atoms with Gasteiger partial charge in [0.05, 0.1) is 18.2 Å². The van der Waals surface area contributed by atoms with Crippen molar-refractivity contribution in [3.63, 3.8) is 0 Å². The number of hydrogen-bond acceptors (Lipinski definition) is 5. The fraction of sp³-hybridized carbons (Fsp3) is 0.391. The van der Waals surface area contributed by atoms with Gasteiger partial charge < -0.3 is 19.4 Å². The molecular weight excluding hydrogens is 461 g/mol. The van der Waals surface area contributed by atoms with E-state index in [0.29, 0.717) is 17.5 Å². The summed E-state index contributed by atoms with van der Waals surface area (Å²) in [5.41, 5.74) is -0.801. The molecule has 1 aliphatic heterocycles. The number of ether oxygens (including phenoxy) is 1. The third-order valence-corrected chi connectivity index (χ3v) is 5.71. The third-order valence-electron chi connectivity index (χ3n) is 5.71. The Kier molecular flexibility index (Phi) is 6.24. The average Bonchev–Trinajstić information content (AvgIpc) is 3.08. The number of fused-ring (bicyclic) bond motifs is 1. The number of carbonyl (C=O) groups excluding carboxylic acids is 1. The van der Waals surface area contributed by atoms with Gasteiger partial charge in [-0.3, -0.25) is 9.78 Å². The van der Waals surface area contributed by atoms with Crippen LogP contribution in [0.2, 0.25) is 0 Å². The first kappa shape index (κ1) is 23.9. The standard InChI is InChI=1S/C23H22F5N3O3/c1-13-19(21(32)30-18-7-9-31(2)12-22(18,24)25)16-10-15(5-6-17(16)34-13)33-11-14-4-3-8-29-20(14)23(26,27)28/h3-6,8,10,18H,7,9,11-12H2,1-2H3,(H,30,32). The van der Waals surface area contributed by atoms with Gasteiger partial charge in [0.15, 0.2) is 5.69 Å². The maximum absolute atomic E-state index is 14.4. The summed E-state index contributed by atoms with van der Waals surface area (Å²) < 4.78 is 79.4. The first-order chi connectivity index (χ1) is 16.0. The molecule has 1 unspecified atom stereocenters. The molecule has 0 bridgehead atoms. The lowest BCUT2D eigenvalue weighted by molar-refractivity contribution is -0.142. The number of aryl methyl sites for hydroxylation is 1. The summed E-state index contributed by atoms with van der Waals surface area (Å²) in [7, 11) is 1.59. The monoisotopic (exact) mass is 483 g/mol. The molecule has 0 spiro atoms. The number of alkyl halides is 5. The van der Waals surface area contributed by atoms with Gasteiger partial charge in [0.1, 0.15) is 23.7 Å². The molecule has 1 amide bonds. The van der Waals surface area contributed by atoms with Crippen molar-refractivity contribution >= 4 is 16.9 Å². The highest BCUT2D eigenvalue weighted by atomic mass is 19.4. The highest BCUT2D eigenvalue weighted by Gasteiger charge is 2.44. The Hall–Kier alpha value is -3.21. The van der Waals surface area contributed by atoms with Gasteiger partial charge in [-0.05, 0) is 44.7 Å². The van der Waals surface area contributed by atoms with Gasteiger partial charge in [-0.25, -0.2) is 8.78 Å². The van der Waals surface area contributed by atoms with Gasteiger partial charge in [0.2, 0.25) is 0 Å². The van der Waals surface area contributed by atoms with Crippen LogP contribution in [0.1, 0.15) is 33.8 Å². The second-order valence-electron chi connectivity index (χ2n) is 8.30. The van der Waals surface area contributed by atoms with E-state index >= 15 is 0 Å². The van der Waals surface area contributed by atoms with E-state index in [1.54, 1.807) is 7.05 Å². The lowest BCUT2D eigenvalue weighted by atomic mass is 10.00. The number of nitrogens with zero attached hydrogens (tertiary/aromatic N) is 2. The minimum atomic E-state index is -4.63. The number of aromatic nitrogens is 1. The van der Waals surface area contributed by atoms with Crippen molar-refractivity contribution in [1.82, 2.24) is 15.2 Å². The number of nitrogens with one attached hydrogen (secondary N) is 1. The number of furan rings is 1. The van der Waals surface area contributed by atoms with Gasteiger partial charge in [0.25, 0.3) is 11.8 Å². The Morgan fingerprint density at radius 2 is 2.09 bits per heavy atom. The molecule has 1 aliphatic rings. The molecular formula is C23H22F5N3O3. The van der Waals surface area contributed by atoms with E-state index in [4.69, 9.17) is 9.15 Å². The number of carbonyl (C=O) groups is 1. The Balaban J connectivity index is 1.56. The topological polar surface area (TPSA) is 67.6 Å². The van der Waals surface area contributed by atoms with E-state index in [0.717, 1.165) is 6.20 Å². The molecule has 1 atom stereocenters. The number of amides is 1. The number of halogens is 5. The van der Waals surface area contributed by atoms with Crippen LogP contribution >= 0.6 is 0 Å². The normalized spacial score (nSPS) is 18.7. The van der Waals surface area contributed by atoms with Crippen molar-refractivity contribution in [3.05, 3.63) is 59.1 Å². The number of pyridine rings is 1. The Morgan fingerprint density at radius 1 is 1.32 bits per heavy atom. The molecule has 3 heterocycles. The molecule has 1 saturated heterocycles. The summed E-state index contributed by atoms with van der Waals surface area (Å²) in [4.78, 5) is 17.8.